The summed E-state index contributed by atoms with van der Waals surface area (Å²) in [5.74, 6) is 0. The van der Waals surface area contributed by atoms with Gasteiger partial charge in [0.25, 0.3) is 0 Å². The number of anilines is 2. The number of fused-ring (bicyclic) bond motifs is 1. The molecule has 0 bridgehead atoms. The van der Waals surface area contributed by atoms with E-state index in [0.717, 1.165) is 25.2 Å². The van der Waals surface area contributed by atoms with Gasteiger partial charge in [-0.05, 0) is 73.7 Å². The first-order valence-corrected chi connectivity index (χ1v) is 9.42. The Hall–Kier alpha value is -1.67. The second kappa shape index (κ2) is 6.68. The normalized spacial score (nSPS) is 11.5. The Balaban J connectivity index is 2.10. The van der Waals surface area contributed by atoms with Crippen molar-refractivity contribution in [1.82, 2.24) is 4.98 Å². The highest BCUT2D eigenvalue weighted by atomic mass is 127. The largest absolute Gasteiger partial charge is 0.443 e. The molecule has 0 atom stereocenters. The van der Waals surface area contributed by atoms with E-state index in [1.807, 2.05) is 63.2 Å². The average Bonchev–Trinajstić information content (AvgIpc) is 2.95. The molecule has 0 radical (unpaired) electrons. The molecule has 6 heteroatoms. The Bertz CT molecular complexity index is 886. The van der Waals surface area contributed by atoms with Crippen LogP contribution in [0.25, 0.3) is 10.2 Å². The van der Waals surface area contributed by atoms with Gasteiger partial charge < -0.3 is 4.74 Å². The molecule has 0 fully saturated rings. The van der Waals surface area contributed by atoms with Gasteiger partial charge in [0.2, 0.25) is 0 Å². The quantitative estimate of drug-likeness (QED) is 0.450. The van der Waals surface area contributed by atoms with Gasteiger partial charge in [-0.1, -0.05) is 12.1 Å². The van der Waals surface area contributed by atoms with Crippen molar-refractivity contribution in [1.29, 1.82) is 0 Å². The lowest BCUT2D eigenvalue weighted by molar-refractivity contribution is 0.0599. The Morgan fingerprint density at radius 1 is 1.21 bits per heavy atom. The number of thiazole rings is 1. The van der Waals surface area contributed by atoms with Crippen LogP contribution in [0.4, 0.5) is 16.2 Å². The maximum absolute atomic E-state index is 12.9. The minimum Gasteiger partial charge on any atom is -0.443 e. The summed E-state index contributed by atoms with van der Waals surface area (Å²) in [6.07, 6.45) is -0.402. The zero-order valence-electron chi connectivity index (χ0n) is 13.6. The summed E-state index contributed by atoms with van der Waals surface area (Å²) in [4.78, 5) is 18.8. The third-order valence-corrected chi connectivity index (χ3v) is 4.96. The van der Waals surface area contributed by atoms with E-state index >= 15 is 0 Å². The lowest BCUT2D eigenvalue weighted by Gasteiger charge is -2.28. The summed E-state index contributed by atoms with van der Waals surface area (Å²) < 4.78 is 7.68. The van der Waals surface area contributed by atoms with E-state index in [2.05, 4.69) is 27.6 Å². The van der Waals surface area contributed by atoms with Crippen molar-refractivity contribution >= 4 is 61.6 Å². The number of rotatable bonds is 2. The molecule has 0 unspecified atom stereocenters. The number of benzene rings is 2. The maximum Gasteiger partial charge on any atom is 0.419 e. The molecule has 0 aliphatic heterocycles. The molecular weight excluding hydrogens is 435 g/mol. The molecule has 124 valence electrons. The SMILES string of the molecule is CC(C)(C)OC(=O)N(c1ccc2scnc2c1)c1ccccc1I. The third-order valence-electron chi connectivity index (χ3n) is 3.24. The highest BCUT2D eigenvalue weighted by Crippen LogP contribution is 2.33. The molecule has 1 heterocycles. The van der Waals surface area contributed by atoms with Crippen molar-refractivity contribution in [2.24, 2.45) is 0 Å². The Morgan fingerprint density at radius 2 is 1.96 bits per heavy atom. The lowest BCUT2D eigenvalue weighted by Crippen LogP contribution is -2.34. The van der Waals surface area contributed by atoms with Crippen molar-refractivity contribution in [3.05, 3.63) is 51.5 Å². The molecule has 0 N–H and O–H groups in total. The van der Waals surface area contributed by atoms with Gasteiger partial charge in [-0.3, -0.25) is 0 Å². The summed E-state index contributed by atoms with van der Waals surface area (Å²) in [6.45, 7) is 5.59. The Kier molecular flexibility index (Phi) is 4.78. The van der Waals surface area contributed by atoms with E-state index in [-0.39, 0.29) is 0 Å². The van der Waals surface area contributed by atoms with E-state index in [1.54, 1.807) is 21.7 Å². The molecule has 3 rings (SSSR count). The molecule has 24 heavy (non-hydrogen) atoms. The highest BCUT2D eigenvalue weighted by molar-refractivity contribution is 14.1. The second-order valence-corrected chi connectivity index (χ2v) is 8.32. The number of nitrogens with zero attached hydrogens (tertiary/aromatic N) is 2. The summed E-state index contributed by atoms with van der Waals surface area (Å²) >= 11 is 3.80. The van der Waals surface area contributed by atoms with Gasteiger partial charge in [0.15, 0.2) is 0 Å². The van der Waals surface area contributed by atoms with E-state index in [0.29, 0.717) is 0 Å². The number of halogens is 1. The highest BCUT2D eigenvalue weighted by Gasteiger charge is 2.26. The number of amides is 1. The number of carbonyl (C=O) groups excluding carboxylic acids is 1. The number of hydrogen-bond acceptors (Lipinski definition) is 4. The third kappa shape index (κ3) is 3.70. The van der Waals surface area contributed by atoms with Crippen LogP contribution in [0.2, 0.25) is 0 Å². The minimum absolute atomic E-state index is 0.402. The van der Waals surface area contributed by atoms with Crippen LogP contribution in [0.15, 0.2) is 48.0 Å². The molecule has 0 saturated heterocycles. The number of aromatic nitrogens is 1. The van der Waals surface area contributed by atoms with Gasteiger partial charge >= 0.3 is 6.09 Å². The van der Waals surface area contributed by atoms with Crippen molar-refractivity contribution < 1.29 is 9.53 Å². The standard InChI is InChI=1S/C18H17IN2O2S/c1-18(2,3)23-17(22)21(15-7-5-4-6-13(15)19)12-8-9-16-14(10-12)20-11-24-16/h4-11H,1-3H3. The van der Waals surface area contributed by atoms with Crippen molar-refractivity contribution in [3.63, 3.8) is 0 Å². The van der Waals surface area contributed by atoms with Crippen LogP contribution < -0.4 is 4.90 Å². The number of ether oxygens (including phenoxy) is 1. The van der Waals surface area contributed by atoms with Crippen LogP contribution in [-0.2, 0) is 4.74 Å². The number of carbonyl (C=O) groups is 1. The first kappa shape index (κ1) is 17.2. The number of para-hydroxylation sites is 1. The molecule has 0 saturated carbocycles. The topological polar surface area (TPSA) is 42.4 Å². The average molecular weight is 452 g/mol. The molecule has 0 spiro atoms. The summed E-state index contributed by atoms with van der Waals surface area (Å²) in [7, 11) is 0. The van der Waals surface area contributed by atoms with Gasteiger partial charge in [0.1, 0.15) is 5.60 Å². The van der Waals surface area contributed by atoms with Crippen molar-refractivity contribution in [2.75, 3.05) is 4.90 Å². The molecule has 4 nitrogen and oxygen atoms in total. The molecule has 2 aromatic carbocycles. The zero-order valence-corrected chi connectivity index (χ0v) is 16.6. The lowest BCUT2D eigenvalue weighted by atomic mass is 10.2. The maximum atomic E-state index is 12.9. The first-order chi connectivity index (χ1) is 11.3. The summed E-state index contributed by atoms with van der Waals surface area (Å²) in [6, 6.07) is 13.6. The molecule has 1 aromatic heterocycles. The summed E-state index contributed by atoms with van der Waals surface area (Å²) in [5.41, 5.74) is 3.64. The Labute approximate surface area is 158 Å². The van der Waals surface area contributed by atoms with E-state index in [1.165, 1.54) is 0 Å². The van der Waals surface area contributed by atoms with Crippen molar-refractivity contribution in [2.45, 2.75) is 26.4 Å². The molecule has 1 amide bonds. The minimum atomic E-state index is -0.569. The zero-order chi connectivity index (χ0) is 17.3. The predicted octanol–water partition coefficient (Wildman–Crippen LogP) is 5.97. The summed E-state index contributed by atoms with van der Waals surface area (Å²) in [5, 5.41) is 0. The fourth-order valence-electron chi connectivity index (χ4n) is 2.27. The van der Waals surface area contributed by atoms with Gasteiger partial charge in [0, 0.05) is 3.57 Å². The fraction of sp³-hybridized carbons (Fsp3) is 0.222. The molecule has 0 aliphatic carbocycles. The van der Waals surface area contributed by atoms with Crippen LogP contribution in [-0.4, -0.2) is 16.7 Å². The van der Waals surface area contributed by atoms with E-state index in [4.69, 9.17) is 4.74 Å². The predicted molar refractivity (Wildman–Crippen MR) is 107 cm³/mol. The van der Waals surface area contributed by atoms with E-state index < -0.39 is 11.7 Å². The molecule has 0 aliphatic rings. The molecular formula is C18H17IN2O2S. The first-order valence-electron chi connectivity index (χ1n) is 7.46. The van der Waals surface area contributed by atoms with Crippen LogP contribution in [0.1, 0.15) is 20.8 Å². The van der Waals surface area contributed by atoms with Crippen LogP contribution in [0, 0.1) is 3.57 Å². The van der Waals surface area contributed by atoms with E-state index in [9.17, 15) is 4.79 Å². The monoisotopic (exact) mass is 452 g/mol. The van der Waals surface area contributed by atoms with Crippen LogP contribution in [0.3, 0.4) is 0 Å². The van der Waals surface area contributed by atoms with Gasteiger partial charge in [-0.2, -0.15) is 0 Å². The molecule has 3 aromatic rings. The number of hydrogen-bond donors (Lipinski definition) is 0. The van der Waals surface area contributed by atoms with Gasteiger partial charge in [-0.15, -0.1) is 11.3 Å². The fourth-order valence-corrected chi connectivity index (χ4v) is 3.56. The van der Waals surface area contributed by atoms with Crippen LogP contribution >= 0.6 is 33.9 Å². The smallest absolute Gasteiger partial charge is 0.419 e. The second-order valence-electron chi connectivity index (χ2n) is 6.27. The van der Waals surface area contributed by atoms with Crippen LogP contribution in [0.5, 0.6) is 0 Å². The van der Waals surface area contributed by atoms with Gasteiger partial charge in [-0.25, -0.2) is 14.7 Å². The van der Waals surface area contributed by atoms with Gasteiger partial charge in [0.05, 0.1) is 27.1 Å². The Morgan fingerprint density at radius 3 is 2.67 bits per heavy atom. The van der Waals surface area contributed by atoms with Crippen molar-refractivity contribution in [3.8, 4) is 0 Å².